The van der Waals surface area contributed by atoms with Gasteiger partial charge in [-0.15, -0.1) is 5.10 Å². The number of para-hydroxylation sites is 1. The first-order valence-corrected chi connectivity index (χ1v) is 8.96. The molecule has 1 heterocycles. The van der Waals surface area contributed by atoms with Crippen molar-refractivity contribution < 1.29 is 13.9 Å². The van der Waals surface area contributed by atoms with Crippen molar-refractivity contribution in [1.29, 1.82) is 0 Å². The second-order valence-electron chi connectivity index (χ2n) is 6.69. The summed E-state index contributed by atoms with van der Waals surface area (Å²) in [5.74, 6) is -0.380. The third-order valence-corrected chi connectivity index (χ3v) is 5.10. The van der Waals surface area contributed by atoms with Crippen molar-refractivity contribution in [3.63, 3.8) is 0 Å². The Kier molecular flexibility index (Phi) is 4.66. The molecule has 4 rings (SSSR count). The fraction of sp³-hybridized carbons (Fsp3) is 0.300. The van der Waals surface area contributed by atoms with Crippen LogP contribution in [-0.2, 0) is 21.6 Å². The molecular weight excluding hydrogens is 347 g/mol. The zero-order valence-corrected chi connectivity index (χ0v) is 14.7. The fourth-order valence-corrected chi connectivity index (χ4v) is 3.74. The van der Waals surface area contributed by atoms with Gasteiger partial charge in [0.05, 0.1) is 11.1 Å². The van der Waals surface area contributed by atoms with E-state index < -0.39 is 11.4 Å². The fourth-order valence-electron chi connectivity index (χ4n) is 3.74. The standard InChI is InChI=1S/C20H19FN4O2/c21-17-11-5-4-10-16(17)20(12-6-7-13-20)19(26)27-14-18-22-23-24-25(18)15-8-2-1-3-9-15/h1-5,8-11H,6-7,12-14H2. The number of carbonyl (C=O) groups excluding carboxylic acids is 1. The molecule has 1 aliphatic rings. The number of esters is 1. The molecule has 0 atom stereocenters. The molecule has 1 aromatic heterocycles. The van der Waals surface area contributed by atoms with Gasteiger partial charge in [-0.1, -0.05) is 49.2 Å². The quantitative estimate of drug-likeness (QED) is 0.648. The van der Waals surface area contributed by atoms with Gasteiger partial charge in [0.25, 0.3) is 0 Å². The van der Waals surface area contributed by atoms with Gasteiger partial charge in [-0.2, -0.15) is 4.68 Å². The number of nitrogens with zero attached hydrogens (tertiary/aromatic N) is 4. The van der Waals surface area contributed by atoms with Crippen molar-refractivity contribution in [2.75, 3.05) is 0 Å². The van der Waals surface area contributed by atoms with E-state index in [1.807, 2.05) is 30.3 Å². The van der Waals surface area contributed by atoms with Crippen molar-refractivity contribution in [3.05, 3.63) is 71.8 Å². The first kappa shape index (κ1) is 17.3. The Morgan fingerprint density at radius 3 is 2.52 bits per heavy atom. The predicted octanol–water partition coefficient (Wildman–Crippen LogP) is 3.36. The number of hydrogen-bond donors (Lipinski definition) is 0. The van der Waals surface area contributed by atoms with E-state index >= 15 is 0 Å². The number of rotatable bonds is 5. The first-order chi connectivity index (χ1) is 13.2. The predicted molar refractivity (Wildman–Crippen MR) is 95.5 cm³/mol. The molecule has 138 valence electrons. The molecule has 2 aromatic carbocycles. The van der Waals surface area contributed by atoms with Crippen LogP contribution in [-0.4, -0.2) is 26.2 Å². The summed E-state index contributed by atoms with van der Waals surface area (Å²) in [6.45, 7) is -0.0725. The third-order valence-electron chi connectivity index (χ3n) is 5.10. The molecule has 0 bridgehead atoms. The van der Waals surface area contributed by atoms with Gasteiger partial charge in [0.15, 0.2) is 12.4 Å². The van der Waals surface area contributed by atoms with Crippen LogP contribution in [0, 0.1) is 5.82 Å². The molecule has 0 unspecified atom stereocenters. The lowest BCUT2D eigenvalue weighted by Gasteiger charge is -2.27. The summed E-state index contributed by atoms with van der Waals surface area (Å²) in [6, 6.07) is 15.8. The van der Waals surface area contributed by atoms with Crippen molar-refractivity contribution in [3.8, 4) is 5.69 Å². The summed E-state index contributed by atoms with van der Waals surface area (Å²) >= 11 is 0. The number of ether oxygens (including phenoxy) is 1. The molecule has 7 heteroatoms. The van der Waals surface area contributed by atoms with E-state index in [4.69, 9.17) is 4.74 Å². The van der Waals surface area contributed by atoms with E-state index in [2.05, 4.69) is 15.5 Å². The van der Waals surface area contributed by atoms with E-state index in [0.29, 0.717) is 24.2 Å². The minimum atomic E-state index is -0.934. The van der Waals surface area contributed by atoms with Crippen molar-refractivity contribution in [2.24, 2.45) is 0 Å². The van der Waals surface area contributed by atoms with Gasteiger partial charge in [-0.3, -0.25) is 4.79 Å². The van der Waals surface area contributed by atoms with Crippen LogP contribution >= 0.6 is 0 Å². The summed E-state index contributed by atoms with van der Waals surface area (Å²) in [4.78, 5) is 13.0. The van der Waals surface area contributed by atoms with Crippen LogP contribution in [0.4, 0.5) is 4.39 Å². The molecule has 0 saturated heterocycles. The van der Waals surface area contributed by atoms with Crippen LogP contribution in [0.25, 0.3) is 5.69 Å². The lowest BCUT2D eigenvalue weighted by molar-refractivity contribution is -0.152. The van der Waals surface area contributed by atoms with E-state index in [1.54, 1.807) is 18.2 Å². The van der Waals surface area contributed by atoms with Crippen molar-refractivity contribution in [1.82, 2.24) is 20.2 Å². The number of hydrogen-bond acceptors (Lipinski definition) is 5. The average Bonchev–Trinajstić information content (AvgIpc) is 3.37. The topological polar surface area (TPSA) is 69.9 Å². The minimum Gasteiger partial charge on any atom is -0.457 e. The lowest BCUT2D eigenvalue weighted by atomic mass is 9.78. The SMILES string of the molecule is O=C(OCc1nnnn1-c1ccccc1)C1(c2ccccc2F)CCCC1. The Bertz CT molecular complexity index is 936. The second kappa shape index (κ2) is 7.26. The highest BCUT2D eigenvalue weighted by molar-refractivity contribution is 5.83. The normalized spacial score (nSPS) is 15.6. The Morgan fingerprint density at radius 1 is 1.07 bits per heavy atom. The monoisotopic (exact) mass is 366 g/mol. The smallest absolute Gasteiger partial charge is 0.317 e. The highest BCUT2D eigenvalue weighted by atomic mass is 19.1. The number of benzene rings is 2. The summed E-state index contributed by atoms with van der Waals surface area (Å²) in [7, 11) is 0. The Hall–Kier alpha value is -3.09. The molecule has 27 heavy (non-hydrogen) atoms. The van der Waals surface area contributed by atoms with Crippen LogP contribution in [0.3, 0.4) is 0 Å². The molecule has 6 nitrogen and oxygen atoms in total. The Labute approximate surface area is 156 Å². The van der Waals surface area contributed by atoms with Gasteiger partial charge < -0.3 is 4.74 Å². The zero-order valence-electron chi connectivity index (χ0n) is 14.7. The van der Waals surface area contributed by atoms with Gasteiger partial charge in [0.2, 0.25) is 0 Å². The van der Waals surface area contributed by atoms with E-state index in [0.717, 1.165) is 18.5 Å². The van der Waals surface area contributed by atoms with Gasteiger partial charge in [0, 0.05) is 5.56 Å². The molecule has 0 spiro atoms. The van der Waals surface area contributed by atoms with E-state index in [1.165, 1.54) is 10.7 Å². The summed E-state index contributed by atoms with van der Waals surface area (Å²) in [6.07, 6.45) is 2.89. The highest BCUT2D eigenvalue weighted by Gasteiger charge is 2.45. The molecule has 0 N–H and O–H groups in total. The van der Waals surface area contributed by atoms with Gasteiger partial charge in [-0.05, 0) is 41.5 Å². The Morgan fingerprint density at radius 2 is 1.78 bits per heavy atom. The maximum Gasteiger partial charge on any atom is 0.317 e. The molecule has 1 saturated carbocycles. The second-order valence-corrected chi connectivity index (χ2v) is 6.69. The molecule has 1 aliphatic carbocycles. The van der Waals surface area contributed by atoms with Crippen molar-refractivity contribution in [2.45, 2.75) is 37.7 Å². The highest BCUT2D eigenvalue weighted by Crippen LogP contribution is 2.43. The van der Waals surface area contributed by atoms with Gasteiger partial charge in [-0.25, -0.2) is 4.39 Å². The summed E-state index contributed by atoms with van der Waals surface area (Å²) in [5, 5.41) is 11.6. The molecular formula is C20H19FN4O2. The molecule has 1 fully saturated rings. The summed E-state index contributed by atoms with van der Waals surface area (Å²) < 4.78 is 21.5. The largest absolute Gasteiger partial charge is 0.457 e. The number of halogens is 1. The zero-order chi connectivity index (χ0) is 18.7. The van der Waals surface area contributed by atoms with Crippen molar-refractivity contribution >= 4 is 5.97 Å². The molecule has 3 aromatic rings. The molecule has 0 aliphatic heterocycles. The average molecular weight is 366 g/mol. The van der Waals surface area contributed by atoms with Crippen LogP contribution in [0.1, 0.15) is 37.1 Å². The van der Waals surface area contributed by atoms with E-state index in [-0.39, 0.29) is 12.4 Å². The number of aromatic nitrogens is 4. The van der Waals surface area contributed by atoms with Gasteiger partial charge >= 0.3 is 5.97 Å². The van der Waals surface area contributed by atoms with E-state index in [9.17, 15) is 9.18 Å². The maximum absolute atomic E-state index is 14.4. The van der Waals surface area contributed by atoms with Gasteiger partial charge in [0.1, 0.15) is 5.82 Å². The lowest BCUT2D eigenvalue weighted by Crippen LogP contribution is -2.35. The van der Waals surface area contributed by atoms with Crippen LogP contribution < -0.4 is 0 Å². The molecule has 0 radical (unpaired) electrons. The number of tetrazole rings is 1. The van der Waals surface area contributed by atoms with Crippen LogP contribution in [0.2, 0.25) is 0 Å². The molecule has 0 amide bonds. The number of carbonyl (C=O) groups is 1. The first-order valence-electron chi connectivity index (χ1n) is 8.96. The maximum atomic E-state index is 14.4. The third kappa shape index (κ3) is 3.20. The minimum absolute atomic E-state index is 0.0725. The Balaban J connectivity index is 1.56. The van der Waals surface area contributed by atoms with Crippen LogP contribution in [0.5, 0.6) is 0 Å². The summed E-state index contributed by atoms with van der Waals surface area (Å²) in [5.41, 5.74) is 0.254. The van der Waals surface area contributed by atoms with Crippen LogP contribution in [0.15, 0.2) is 54.6 Å².